The molecular formula is C15H10F2IN5O. The normalized spacial score (nSPS) is 10.6. The molecule has 0 radical (unpaired) electrons. The van der Waals surface area contributed by atoms with Crippen LogP contribution in [0.3, 0.4) is 0 Å². The lowest BCUT2D eigenvalue weighted by Crippen LogP contribution is -2.25. The van der Waals surface area contributed by atoms with Crippen molar-refractivity contribution in [2.45, 2.75) is 6.54 Å². The summed E-state index contributed by atoms with van der Waals surface area (Å²) in [5.41, 5.74) is 0.794. The molecule has 0 bridgehead atoms. The van der Waals surface area contributed by atoms with Crippen LogP contribution in [-0.4, -0.2) is 26.1 Å². The van der Waals surface area contributed by atoms with Gasteiger partial charge in [-0.1, -0.05) is 12.1 Å². The summed E-state index contributed by atoms with van der Waals surface area (Å²) in [5, 5.41) is 13.8. The SMILES string of the molecule is O=C(NCc1nnnn1-c1ccc(F)c(F)c1)c1ccccc1I. The molecule has 0 unspecified atom stereocenters. The number of carbonyl (C=O) groups is 1. The lowest BCUT2D eigenvalue weighted by molar-refractivity contribution is 0.0948. The Morgan fingerprint density at radius 1 is 1.17 bits per heavy atom. The minimum atomic E-state index is -1.00. The second-order valence-corrected chi connectivity index (χ2v) is 5.93. The highest BCUT2D eigenvalue weighted by molar-refractivity contribution is 14.1. The average Bonchev–Trinajstić information content (AvgIpc) is 3.04. The average molecular weight is 441 g/mol. The second-order valence-electron chi connectivity index (χ2n) is 4.77. The van der Waals surface area contributed by atoms with Crippen molar-refractivity contribution in [1.82, 2.24) is 25.5 Å². The van der Waals surface area contributed by atoms with Gasteiger partial charge in [0.15, 0.2) is 17.5 Å². The third kappa shape index (κ3) is 3.40. The summed E-state index contributed by atoms with van der Waals surface area (Å²) in [6.07, 6.45) is 0. The van der Waals surface area contributed by atoms with Gasteiger partial charge in [-0.2, -0.15) is 4.68 Å². The summed E-state index contributed by atoms with van der Waals surface area (Å²) in [6, 6.07) is 10.4. The van der Waals surface area contributed by atoms with Gasteiger partial charge in [0, 0.05) is 9.64 Å². The number of nitrogens with one attached hydrogen (secondary N) is 1. The van der Waals surface area contributed by atoms with Crippen LogP contribution in [0.15, 0.2) is 42.5 Å². The molecular weight excluding hydrogens is 431 g/mol. The number of hydrogen-bond donors (Lipinski definition) is 1. The molecule has 1 N–H and O–H groups in total. The van der Waals surface area contributed by atoms with E-state index >= 15 is 0 Å². The van der Waals surface area contributed by atoms with E-state index in [1.807, 2.05) is 12.1 Å². The summed E-state index contributed by atoms with van der Waals surface area (Å²) in [4.78, 5) is 12.2. The van der Waals surface area contributed by atoms with E-state index in [9.17, 15) is 13.6 Å². The Kier molecular flexibility index (Phi) is 4.79. The number of carbonyl (C=O) groups excluding carboxylic acids is 1. The third-order valence-electron chi connectivity index (χ3n) is 3.21. The van der Waals surface area contributed by atoms with Gasteiger partial charge in [0.25, 0.3) is 5.91 Å². The summed E-state index contributed by atoms with van der Waals surface area (Å²) in [6.45, 7) is 0.0375. The van der Waals surface area contributed by atoms with Crippen molar-refractivity contribution in [3.05, 3.63) is 69.1 Å². The molecule has 1 heterocycles. The third-order valence-corrected chi connectivity index (χ3v) is 4.15. The number of tetrazole rings is 1. The van der Waals surface area contributed by atoms with Gasteiger partial charge in [-0.3, -0.25) is 4.79 Å². The molecule has 1 aromatic heterocycles. The first-order valence-electron chi connectivity index (χ1n) is 6.81. The highest BCUT2D eigenvalue weighted by atomic mass is 127. The Morgan fingerprint density at radius 2 is 1.96 bits per heavy atom. The Labute approximate surface area is 149 Å². The van der Waals surface area contributed by atoms with Crippen LogP contribution in [0, 0.1) is 15.2 Å². The zero-order valence-corrected chi connectivity index (χ0v) is 14.2. The predicted molar refractivity (Wildman–Crippen MR) is 89.4 cm³/mol. The summed E-state index contributed by atoms with van der Waals surface area (Å²) in [7, 11) is 0. The molecule has 0 spiro atoms. The van der Waals surface area contributed by atoms with Gasteiger partial charge in [0.05, 0.1) is 17.8 Å². The van der Waals surface area contributed by atoms with E-state index in [0.717, 1.165) is 15.7 Å². The van der Waals surface area contributed by atoms with E-state index in [1.54, 1.807) is 12.1 Å². The number of hydrogen-bond acceptors (Lipinski definition) is 4. The van der Waals surface area contributed by atoms with Crippen LogP contribution in [0.1, 0.15) is 16.2 Å². The van der Waals surface area contributed by atoms with Crippen molar-refractivity contribution in [1.29, 1.82) is 0 Å². The first-order chi connectivity index (χ1) is 11.6. The fraction of sp³-hybridized carbons (Fsp3) is 0.0667. The van der Waals surface area contributed by atoms with Crippen LogP contribution in [0.4, 0.5) is 8.78 Å². The smallest absolute Gasteiger partial charge is 0.252 e. The Bertz CT molecular complexity index is 899. The molecule has 1 amide bonds. The molecule has 2 aromatic carbocycles. The van der Waals surface area contributed by atoms with Crippen LogP contribution in [-0.2, 0) is 6.54 Å². The van der Waals surface area contributed by atoms with E-state index in [-0.39, 0.29) is 18.1 Å². The molecule has 0 saturated carbocycles. The van der Waals surface area contributed by atoms with E-state index in [1.165, 1.54) is 10.7 Å². The highest BCUT2D eigenvalue weighted by Gasteiger charge is 2.14. The largest absolute Gasteiger partial charge is 0.345 e. The predicted octanol–water partition coefficient (Wildman–Crippen LogP) is 2.48. The monoisotopic (exact) mass is 441 g/mol. The molecule has 0 aliphatic heterocycles. The number of aromatic nitrogens is 4. The zero-order chi connectivity index (χ0) is 17.1. The maximum absolute atomic E-state index is 13.4. The second kappa shape index (κ2) is 6.99. The zero-order valence-electron chi connectivity index (χ0n) is 12.1. The summed E-state index contributed by atoms with van der Waals surface area (Å²) in [5.74, 6) is -1.95. The van der Waals surface area contributed by atoms with E-state index < -0.39 is 11.6 Å². The fourth-order valence-corrected chi connectivity index (χ4v) is 2.67. The fourth-order valence-electron chi connectivity index (χ4n) is 2.03. The quantitative estimate of drug-likeness (QED) is 0.632. The van der Waals surface area contributed by atoms with Gasteiger partial charge >= 0.3 is 0 Å². The molecule has 0 aliphatic carbocycles. The molecule has 6 nitrogen and oxygen atoms in total. The number of nitrogens with zero attached hydrogens (tertiary/aromatic N) is 4. The molecule has 0 fully saturated rings. The van der Waals surface area contributed by atoms with Crippen LogP contribution >= 0.6 is 22.6 Å². The first-order valence-corrected chi connectivity index (χ1v) is 7.89. The maximum atomic E-state index is 13.4. The lowest BCUT2D eigenvalue weighted by atomic mass is 10.2. The van der Waals surface area contributed by atoms with Crippen molar-refractivity contribution in [3.63, 3.8) is 0 Å². The van der Waals surface area contributed by atoms with E-state index in [4.69, 9.17) is 0 Å². The highest BCUT2D eigenvalue weighted by Crippen LogP contribution is 2.14. The standard InChI is InChI=1S/C15H10F2IN5O/c16-11-6-5-9(7-12(11)17)23-14(20-21-22-23)8-19-15(24)10-3-1-2-4-13(10)18/h1-7H,8H2,(H,19,24). The molecule has 3 rings (SSSR count). The number of benzene rings is 2. The molecule has 24 heavy (non-hydrogen) atoms. The van der Waals surface area contributed by atoms with Crippen molar-refractivity contribution >= 4 is 28.5 Å². The van der Waals surface area contributed by atoms with Crippen molar-refractivity contribution in [3.8, 4) is 5.69 Å². The molecule has 0 atom stereocenters. The number of rotatable bonds is 4. The van der Waals surface area contributed by atoms with Gasteiger partial charge in [-0.25, -0.2) is 8.78 Å². The van der Waals surface area contributed by atoms with Gasteiger partial charge < -0.3 is 5.32 Å². The topological polar surface area (TPSA) is 72.7 Å². The molecule has 0 aliphatic rings. The Balaban J connectivity index is 1.78. The van der Waals surface area contributed by atoms with Crippen LogP contribution in [0.5, 0.6) is 0 Å². The molecule has 122 valence electrons. The number of amides is 1. The van der Waals surface area contributed by atoms with Gasteiger partial charge in [0.2, 0.25) is 0 Å². The minimum absolute atomic E-state index is 0.0375. The van der Waals surface area contributed by atoms with E-state index in [0.29, 0.717) is 11.4 Å². The molecule has 9 heteroatoms. The van der Waals surface area contributed by atoms with Crippen molar-refractivity contribution in [2.24, 2.45) is 0 Å². The van der Waals surface area contributed by atoms with E-state index in [2.05, 4.69) is 43.4 Å². The van der Waals surface area contributed by atoms with Crippen molar-refractivity contribution < 1.29 is 13.6 Å². The molecule has 3 aromatic rings. The summed E-state index contributed by atoms with van der Waals surface area (Å²) >= 11 is 2.07. The summed E-state index contributed by atoms with van der Waals surface area (Å²) < 4.78 is 28.4. The van der Waals surface area contributed by atoms with Crippen LogP contribution in [0.2, 0.25) is 0 Å². The number of halogens is 3. The van der Waals surface area contributed by atoms with Gasteiger partial charge in [-0.05, 0) is 57.3 Å². The Hall–Kier alpha value is -2.43. The van der Waals surface area contributed by atoms with Gasteiger partial charge in [0.1, 0.15) is 0 Å². The van der Waals surface area contributed by atoms with Gasteiger partial charge in [-0.15, -0.1) is 5.10 Å². The molecule has 0 saturated heterocycles. The first kappa shape index (κ1) is 16.4. The van der Waals surface area contributed by atoms with Crippen LogP contribution in [0.25, 0.3) is 5.69 Å². The Morgan fingerprint density at radius 3 is 2.71 bits per heavy atom. The minimum Gasteiger partial charge on any atom is -0.345 e. The lowest BCUT2D eigenvalue weighted by Gasteiger charge is -2.08. The maximum Gasteiger partial charge on any atom is 0.252 e. The van der Waals surface area contributed by atoms with Crippen LogP contribution < -0.4 is 5.32 Å². The van der Waals surface area contributed by atoms with Crippen molar-refractivity contribution in [2.75, 3.05) is 0 Å².